The number of nitrogens with two attached hydrogens (primary N) is 1. The molecule has 25 heavy (non-hydrogen) atoms. The van der Waals surface area contributed by atoms with Gasteiger partial charge in [0.05, 0.1) is 17.3 Å². The SMILES string of the molecule is C#CCOc1nc(Nc2cccc(NC(=O)C(N)CO)c2)ncc1Br. The first kappa shape index (κ1) is 18.7. The molecule has 5 N–H and O–H groups in total. The van der Waals surface area contributed by atoms with E-state index < -0.39 is 18.6 Å². The van der Waals surface area contributed by atoms with E-state index in [0.717, 1.165) is 0 Å². The predicted molar refractivity (Wildman–Crippen MR) is 97.5 cm³/mol. The van der Waals surface area contributed by atoms with Crippen LogP contribution in [0, 0.1) is 12.3 Å². The number of nitrogens with one attached hydrogen (secondary N) is 2. The highest BCUT2D eigenvalue weighted by molar-refractivity contribution is 9.10. The minimum Gasteiger partial charge on any atom is -0.464 e. The van der Waals surface area contributed by atoms with E-state index in [1.54, 1.807) is 24.3 Å². The van der Waals surface area contributed by atoms with Crippen LogP contribution in [0.1, 0.15) is 0 Å². The van der Waals surface area contributed by atoms with E-state index >= 15 is 0 Å². The quantitative estimate of drug-likeness (QED) is 0.511. The normalized spacial score (nSPS) is 11.3. The smallest absolute Gasteiger partial charge is 0.243 e. The molecule has 130 valence electrons. The molecular formula is C16H16BrN5O3. The van der Waals surface area contributed by atoms with Crippen LogP contribution in [-0.2, 0) is 4.79 Å². The van der Waals surface area contributed by atoms with Crippen molar-refractivity contribution in [2.24, 2.45) is 5.73 Å². The lowest BCUT2D eigenvalue weighted by molar-refractivity contribution is -0.118. The van der Waals surface area contributed by atoms with Crippen LogP contribution < -0.4 is 21.1 Å². The van der Waals surface area contributed by atoms with Gasteiger partial charge >= 0.3 is 0 Å². The number of aliphatic hydroxyl groups excluding tert-OH is 1. The Morgan fingerprint density at radius 3 is 2.96 bits per heavy atom. The summed E-state index contributed by atoms with van der Waals surface area (Å²) in [6.45, 7) is -0.349. The molecule has 0 aliphatic heterocycles. The van der Waals surface area contributed by atoms with Crippen LogP contribution in [0.25, 0.3) is 0 Å². The Hall–Kier alpha value is -2.67. The number of carbonyl (C=O) groups excluding carboxylic acids is 1. The van der Waals surface area contributed by atoms with Gasteiger partial charge in [0.1, 0.15) is 6.04 Å². The number of benzene rings is 1. The third-order valence-corrected chi connectivity index (χ3v) is 3.47. The number of halogens is 1. The fourth-order valence-corrected chi connectivity index (χ4v) is 2.05. The number of hydrogen-bond donors (Lipinski definition) is 4. The predicted octanol–water partition coefficient (Wildman–Crippen LogP) is 1.25. The zero-order chi connectivity index (χ0) is 18.2. The van der Waals surface area contributed by atoms with Gasteiger partial charge in [-0.2, -0.15) is 4.98 Å². The zero-order valence-electron chi connectivity index (χ0n) is 13.1. The Balaban J connectivity index is 2.12. The number of aromatic nitrogens is 2. The number of nitrogens with zero attached hydrogens (tertiary/aromatic N) is 2. The monoisotopic (exact) mass is 405 g/mol. The minimum atomic E-state index is -0.984. The molecule has 0 radical (unpaired) electrons. The minimum absolute atomic E-state index is 0.0850. The van der Waals surface area contributed by atoms with Crippen LogP contribution in [0.4, 0.5) is 17.3 Å². The standard InChI is InChI=1S/C16H16BrN5O3/c1-2-6-25-15-12(17)8-19-16(22-15)21-11-5-3-4-10(7-11)20-14(24)13(18)9-23/h1,3-5,7-8,13,23H,6,9,18H2,(H,20,24)(H,19,21,22). The fraction of sp³-hybridized carbons (Fsp3) is 0.188. The first-order valence-corrected chi connectivity index (χ1v) is 7.96. The zero-order valence-corrected chi connectivity index (χ0v) is 14.7. The fourth-order valence-electron chi connectivity index (χ4n) is 1.74. The van der Waals surface area contributed by atoms with E-state index in [0.29, 0.717) is 27.7 Å². The average molecular weight is 406 g/mol. The molecule has 1 aromatic heterocycles. The molecule has 0 fully saturated rings. The summed E-state index contributed by atoms with van der Waals surface area (Å²) in [6, 6.07) is 5.89. The first-order valence-electron chi connectivity index (χ1n) is 7.16. The number of aliphatic hydroxyl groups is 1. The Bertz CT molecular complexity index is 794. The van der Waals surface area contributed by atoms with Crippen molar-refractivity contribution in [2.45, 2.75) is 6.04 Å². The number of amides is 1. The molecular weight excluding hydrogens is 390 g/mol. The van der Waals surface area contributed by atoms with E-state index in [1.807, 2.05) is 0 Å². The summed E-state index contributed by atoms with van der Waals surface area (Å²) in [5.41, 5.74) is 6.62. The van der Waals surface area contributed by atoms with Crippen LogP contribution in [-0.4, -0.2) is 40.2 Å². The summed E-state index contributed by atoms with van der Waals surface area (Å²) in [4.78, 5) is 20.1. The second-order valence-electron chi connectivity index (χ2n) is 4.82. The van der Waals surface area contributed by atoms with Crippen LogP contribution >= 0.6 is 15.9 Å². The van der Waals surface area contributed by atoms with Crippen molar-refractivity contribution in [3.05, 3.63) is 34.9 Å². The Morgan fingerprint density at radius 1 is 1.48 bits per heavy atom. The second-order valence-corrected chi connectivity index (χ2v) is 5.68. The summed E-state index contributed by atoms with van der Waals surface area (Å²) >= 11 is 3.28. The maximum atomic E-state index is 11.7. The molecule has 1 atom stereocenters. The molecule has 2 aromatic rings. The number of ether oxygens (including phenoxy) is 1. The third kappa shape index (κ3) is 5.42. The van der Waals surface area contributed by atoms with E-state index in [-0.39, 0.29) is 6.61 Å². The number of carbonyl (C=O) groups is 1. The van der Waals surface area contributed by atoms with Gasteiger partial charge in [0, 0.05) is 11.4 Å². The van der Waals surface area contributed by atoms with Gasteiger partial charge in [0.2, 0.25) is 17.7 Å². The number of rotatable bonds is 7. The molecule has 0 bridgehead atoms. The maximum absolute atomic E-state index is 11.7. The highest BCUT2D eigenvalue weighted by atomic mass is 79.9. The van der Waals surface area contributed by atoms with Crippen molar-refractivity contribution >= 4 is 39.2 Å². The van der Waals surface area contributed by atoms with Gasteiger partial charge in [0.15, 0.2) is 6.61 Å². The Labute approximate surface area is 152 Å². The van der Waals surface area contributed by atoms with Crippen molar-refractivity contribution in [3.8, 4) is 18.2 Å². The molecule has 0 saturated heterocycles. The van der Waals surface area contributed by atoms with Crippen LogP contribution in [0.2, 0.25) is 0 Å². The molecule has 0 aliphatic rings. The molecule has 1 aromatic carbocycles. The maximum Gasteiger partial charge on any atom is 0.243 e. The molecule has 9 heteroatoms. The summed E-state index contributed by atoms with van der Waals surface area (Å²) in [5, 5.41) is 14.5. The van der Waals surface area contributed by atoms with Gasteiger partial charge in [-0.25, -0.2) is 4.98 Å². The van der Waals surface area contributed by atoms with Crippen molar-refractivity contribution in [2.75, 3.05) is 23.8 Å². The van der Waals surface area contributed by atoms with E-state index in [4.69, 9.17) is 22.0 Å². The summed E-state index contributed by atoms with van der Waals surface area (Å²) in [5.74, 6) is 2.49. The second kappa shape index (κ2) is 8.98. The molecule has 1 heterocycles. The third-order valence-electron chi connectivity index (χ3n) is 2.92. The van der Waals surface area contributed by atoms with Gasteiger partial charge in [0.25, 0.3) is 0 Å². The van der Waals surface area contributed by atoms with Crippen molar-refractivity contribution < 1.29 is 14.6 Å². The highest BCUT2D eigenvalue weighted by Crippen LogP contribution is 2.24. The summed E-state index contributed by atoms with van der Waals surface area (Å²) in [7, 11) is 0. The molecule has 0 spiro atoms. The highest BCUT2D eigenvalue weighted by Gasteiger charge is 2.12. The Morgan fingerprint density at radius 2 is 2.24 bits per heavy atom. The lowest BCUT2D eigenvalue weighted by Crippen LogP contribution is -2.38. The van der Waals surface area contributed by atoms with Crippen molar-refractivity contribution in [1.29, 1.82) is 0 Å². The van der Waals surface area contributed by atoms with Crippen molar-refractivity contribution in [3.63, 3.8) is 0 Å². The molecule has 2 rings (SSSR count). The molecule has 0 aliphatic carbocycles. The van der Waals surface area contributed by atoms with Gasteiger partial charge in [-0.05, 0) is 34.1 Å². The molecule has 1 amide bonds. The van der Waals surface area contributed by atoms with E-state index in [9.17, 15) is 4.79 Å². The van der Waals surface area contributed by atoms with Crippen LogP contribution in [0.15, 0.2) is 34.9 Å². The largest absolute Gasteiger partial charge is 0.464 e. The number of anilines is 3. The summed E-state index contributed by atoms with van der Waals surface area (Å²) in [6.07, 6.45) is 6.70. The van der Waals surface area contributed by atoms with Gasteiger partial charge in [-0.1, -0.05) is 12.0 Å². The topological polar surface area (TPSA) is 122 Å². The van der Waals surface area contributed by atoms with E-state index in [2.05, 4.69) is 42.5 Å². The molecule has 0 saturated carbocycles. The first-order chi connectivity index (χ1) is 12.0. The lowest BCUT2D eigenvalue weighted by Gasteiger charge is -2.12. The van der Waals surface area contributed by atoms with Gasteiger partial charge in [-0.15, -0.1) is 6.42 Å². The number of terminal acetylenes is 1. The van der Waals surface area contributed by atoms with Crippen LogP contribution in [0.3, 0.4) is 0 Å². The molecule has 1 unspecified atom stereocenters. The number of hydrogen-bond acceptors (Lipinski definition) is 7. The van der Waals surface area contributed by atoms with E-state index in [1.165, 1.54) is 6.20 Å². The van der Waals surface area contributed by atoms with Crippen LogP contribution in [0.5, 0.6) is 5.88 Å². The molecule has 8 nitrogen and oxygen atoms in total. The summed E-state index contributed by atoms with van der Waals surface area (Å²) < 4.78 is 5.89. The average Bonchev–Trinajstić information content (AvgIpc) is 2.61. The van der Waals surface area contributed by atoms with Crippen molar-refractivity contribution in [1.82, 2.24) is 9.97 Å². The lowest BCUT2D eigenvalue weighted by atomic mass is 10.2. The van der Waals surface area contributed by atoms with Gasteiger partial charge < -0.3 is 26.2 Å². The Kier molecular flexibility index (Phi) is 6.71. The van der Waals surface area contributed by atoms with Gasteiger partial charge in [-0.3, -0.25) is 4.79 Å².